The molecule has 0 aromatic rings. The van der Waals surface area contributed by atoms with Crippen LogP contribution in [-0.4, -0.2) is 68.0 Å². The Balaban J connectivity index is -0.000000720. The molecule has 0 fully saturated rings. The van der Waals surface area contributed by atoms with Crippen LogP contribution in [0, 0.1) is 0 Å². The molecule has 48 heavy (non-hydrogen) atoms. The largest absolute Gasteiger partial charge is 0.469 e. The Morgan fingerprint density at radius 2 is 0.521 bits per heavy atom. The molecule has 0 radical (unpaired) electrons. The lowest BCUT2D eigenvalue weighted by Crippen LogP contribution is -2.12. The van der Waals surface area contributed by atoms with Crippen LogP contribution >= 0.6 is 7.82 Å². The third-order valence-electron chi connectivity index (χ3n) is 9.16. The number of nitrogens with zero attached hydrogens (tertiary/aromatic N) is 2. The molecule has 0 heterocycles. The quantitative estimate of drug-likeness (QED) is 0.0505. The minimum atomic E-state index is -4.15. The minimum Gasteiger partial charge on any atom is -0.309 e. The fraction of sp³-hybridized carbons (Fsp3) is 1.00. The lowest BCUT2D eigenvalue weighted by molar-refractivity contribution is 0.235. The third kappa shape index (κ3) is 61.3. The molecule has 2 N–H and O–H groups in total. The smallest absolute Gasteiger partial charge is 0.309 e. The first-order chi connectivity index (χ1) is 23.1. The van der Waals surface area contributed by atoms with Gasteiger partial charge in [-0.05, 0) is 54.1 Å². The Labute approximate surface area is 303 Å². The molecule has 0 aliphatic rings. The van der Waals surface area contributed by atoms with Crippen molar-refractivity contribution < 1.29 is 18.9 Å². The molecule has 294 valence electrons. The standard InChI is InChI=1S/2C20H43N.CH5O4P/c2*1-4-5-6-7-8-9-10-11-12-13-14-15-16-17-18-19-20-21(2)3;1-5-6(2,3)4/h2*4-20H2,1-3H3;1H3,(H2,2,3,4). The van der Waals surface area contributed by atoms with Crippen LogP contribution in [0.5, 0.6) is 0 Å². The molecule has 0 bridgehead atoms. The van der Waals surface area contributed by atoms with E-state index < -0.39 is 7.82 Å². The van der Waals surface area contributed by atoms with Crippen molar-refractivity contribution in [2.24, 2.45) is 0 Å². The van der Waals surface area contributed by atoms with Crippen molar-refractivity contribution >= 4 is 7.82 Å². The summed E-state index contributed by atoms with van der Waals surface area (Å²) in [6.07, 6.45) is 46.6. The van der Waals surface area contributed by atoms with Crippen molar-refractivity contribution in [1.82, 2.24) is 9.80 Å². The molecule has 6 nitrogen and oxygen atoms in total. The van der Waals surface area contributed by atoms with Gasteiger partial charge in [-0.15, -0.1) is 0 Å². The van der Waals surface area contributed by atoms with Gasteiger partial charge in [0.15, 0.2) is 0 Å². The van der Waals surface area contributed by atoms with Crippen LogP contribution in [0.4, 0.5) is 0 Å². The summed E-state index contributed by atoms with van der Waals surface area (Å²) in [6, 6.07) is 0. The zero-order chi connectivity index (χ0) is 36.4. The SMILES string of the molecule is CCCCCCCCCCCCCCCCCCN(C)C.CCCCCCCCCCCCCCCCCCN(C)C.COP(=O)(O)O. The predicted molar refractivity (Wildman–Crippen MR) is 215 cm³/mol. The van der Waals surface area contributed by atoms with E-state index in [1.54, 1.807) is 0 Å². The molecule has 0 aromatic heterocycles. The molecule has 0 saturated heterocycles. The van der Waals surface area contributed by atoms with Crippen LogP contribution in [0.1, 0.15) is 219 Å². The van der Waals surface area contributed by atoms with Gasteiger partial charge in [-0.2, -0.15) is 0 Å². The number of unbranched alkanes of at least 4 members (excludes halogenated alkanes) is 30. The van der Waals surface area contributed by atoms with E-state index in [0.29, 0.717) is 0 Å². The zero-order valence-electron chi connectivity index (χ0n) is 34.1. The van der Waals surface area contributed by atoms with Crippen LogP contribution in [0.15, 0.2) is 0 Å². The van der Waals surface area contributed by atoms with E-state index in [1.165, 1.54) is 219 Å². The summed E-state index contributed by atoms with van der Waals surface area (Å²) in [5.74, 6) is 0. The Morgan fingerprint density at radius 3 is 0.646 bits per heavy atom. The molecule has 0 aliphatic carbocycles. The van der Waals surface area contributed by atoms with Gasteiger partial charge in [0, 0.05) is 7.11 Å². The summed E-state index contributed by atoms with van der Waals surface area (Å²) in [4.78, 5) is 20.0. The first kappa shape index (κ1) is 52.4. The first-order valence-corrected chi connectivity index (χ1v) is 22.5. The van der Waals surface area contributed by atoms with Gasteiger partial charge in [0.05, 0.1) is 0 Å². The van der Waals surface area contributed by atoms with Crippen LogP contribution < -0.4 is 0 Å². The average Bonchev–Trinajstić information content (AvgIpc) is 3.04. The molecular formula is C41H91N2O4P. The molecule has 0 unspecified atom stereocenters. The fourth-order valence-corrected chi connectivity index (χ4v) is 5.95. The summed E-state index contributed by atoms with van der Waals surface area (Å²) in [5, 5.41) is 0. The summed E-state index contributed by atoms with van der Waals surface area (Å²) < 4.78 is 13.1. The van der Waals surface area contributed by atoms with Crippen molar-refractivity contribution in [3.05, 3.63) is 0 Å². The number of phosphoric ester groups is 1. The van der Waals surface area contributed by atoms with Crippen molar-refractivity contribution in [3.8, 4) is 0 Å². The van der Waals surface area contributed by atoms with Crippen LogP contribution in [0.25, 0.3) is 0 Å². The van der Waals surface area contributed by atoms with Crippen LogP contribution in [0.2, 0.25) is 0 Å². The number of phosphoric acid groups is 1. The minimum absolute atomic E-state index is 0.945. The second kappa shape index (κ2) is 45.1. The molecule has 0 spiro atoms. The van der Waals surface area contributed by atoms with Gasteiger partial charge in [0.25, 0.3) is 0 Å². The van der Waals surface area contributed by atoms with Gasteiger partial charge >= 0.3 is 7.82 Å². The van der Waals surface area contributed by atoms with E-state index in [2.05, 4.69) is 56.4 Å². The Kier molecular flexibility index (Phi) is 49.2. The summed E-state index contributed by atoms with van der Waals surface area (Å²) in [7, 11) is 5.49. The molecule has 0 rings (SSSR count). The highest BCUT2D eigenvalue weighted by atomic mass is 31.2. The predicted octanol–water partition coefficient (Wildman–Crippen LogP) is 13.3. The maximum Gasteiger partial charge on any atom is 0.469 e. The van der Waals surface area contributed by atoms with E-state index in [4.69, 9.17) is 9.79 Å². The van der Waals surface area contributed by atoms with Crippen molar-refractivity contribution in [3.63, 3.8) is 0 Å². The van der Waals surface area contributed by atoms with E-state index in [1.807, 2.05) is 0 Å². The maximum absolute atomic E-state index is 9.47. The van der Waals surface area contributed by atoms with Crippen LogP contribution in [0.3, 0.4) is 0 Å². The second-order valence-corrected chi connectivity index (χ2v) is 16.2. The van der Waals surface area contributed by atoms with Gasteiger partial charge in [-0.1, -0.05) is 206 Å². The maximum atomic E-state index is 9.47. The zero-order valence-corrected chi connectivity index (χ0v) is 35.0. The van der Waals surface area contributed by atoms with Crippen molar-refractivity contribution in [1.29, 1.82) is 0 Å². The highest BCUT2D eigenvalue weighted by Crippen LogP contribution is 2.33. The van der Waals surface area contributed by atoms with Gasteiger partial charge in [0.1, 0.15) is 0 Å². The van der Waals surface area contributed by atoms with E-state index in [0.717, 1.165) is 7.11 Å². The molecule has 0 aliphatic heterocycles. The van der Waals surface area contributed by atoms with Gasteiger partial charge < -0.3 is 19.6 Å². The number of hydrogen-bond donors (Lipinski definition) is 2. The fourth-order valence-electron chi connectivity index (χ4n) is 5.95. The van der Waals surface area contributed by atoms with Gasteiger partial charge in [0.2, 0.25) is 0 Å². The molecule has 0 aromatic carbocycles. The Morgan fingerprint density at radius 1 is 0.375 bits per heavy atom. The van der Waals surface area contributed by atoms with Crippen molar-refractivity contribution in [2.75, 3.05) is 48.4 Å². The second-order valence-electron chi connectivity index (χ2n) is 14.9. The highest BCUT2D eigenvalue weighted by molar-refractivity contribution is 7.46. The van der Waals surface area contributed by atoms with E-state index in [-0.39, 0.29) is 0 Å². The van der Waals surface area contributed by atoms with E-state index in [9.17, 15) is 4.57 Å². The summed E-state index contributed by atoms with van der Waals surface area (Å²) in [5.41, 5.74) is 0. The van der Waals surface area contributed by atoms with Gasteiger partial charge in [-0.3, -0.25) is 4.52 Å². The van der Waals surface area contributed by atoms with Gasteiger partial charge in [-0.25, -0.2) is 4.57 Å². The molecule has 0 atom stereocenters. The average molecular weight is 707 g/mol. The molecule has 0 amide bonds. The summed E-state index contributed by atoms with van der Waals surface area (Å²) >= 11 is 0. The number of hydrogen-bond acceptors (Lipinski definition) is 4. The van der Waals surface area contributed by atoms with Crippen LogP contribution in [-0.2, 0) is 9.09 Å². The molecular weight excluding hydrogens is 615 g/mol. The topological polar surface area (TPSA) is 73.2 Å². The molecule has 0 saturated carbocycles. The Hall–Kier alpha value is 0.0300. The van der Waals surface area contributed by atoms with Crippen molar-refractivity contribution in [2.45, 2.75) is 219 Å². The number of rotatable bonds is 35. The van der Waals surface area contributed by atoms with E-state index >= 15 is 0 Å². The molecule has 7 heteroatoms. The highest BCUT2D eigenvalue weighted by Gasteiger charge is 2.07. The third-order valence-corrected chi connectivity index (χ3v) is 9.63. The monoisotopic (exact) mass is 707 g/mol. The first-order valence-electron chi connectivity index (χ1n) is 21.0. The Bertz CT molecular complexity index is 561. The summed E-state index contributed by atoms with van der Waals surface area (Å²) in [6.45, 7) is 7.12. The lowest BCUT2D eigenvalue weighted by atomic mass is 10.0. The lowest BCUT2D eigenvalue weighted by Gasteiger charge is -2.08. The normalized spacial score (nSPS) is 11.5.